The number of carbonyl (C=O) groups is 1. The molecular weight excluding hydrogens is 208 g/mol. The molecule has 1 rings (SSSR count). The first-order chi connectivity index (χ1) is 7.65. The van der Waals surface area contributed by atoms with E-state index in [0.29, 0.717) is 25.0 Å². The Labute approximate surface area is 97.2 Å². The maximum absolute atomic E-state index is 11.4. The molecule has 4 heteroatoms. The zero-order chi connectivity index (χ0) is 12.0. The van der Waals surface area contributed by atoms with Gasteiger partial charge in [0.2, 0.25) is 0 Å². The van der Waals surface area contributed by atoms with Gasteiger partial charge in [-0.2, -0.15) is 0 Å². The van der Waals surface area contributed by atoms with Crippen molar-refractivity contribution >= 4 is 5.97 Å². The Kier molecular flexibility index (Phi) is 5.77. The summed E-state index contributed by atoms with van der Waals surface area (Å²) in [5.74, 6) is 0.628. The Morgan fingerprint density at radius 1 is 1.31 bits per heavy atom. The van der Waals surface area contributed by atoms with Gasteiger partial charge in [0.25, 0.3) is 0 Å². The Balaban J connectivity index is 2.11. The number of methoxy groups -OCH3 is 1. The fraction of sp³-hybridized carbons (Fsp3) is 0.917. The lowest BCUT2D eigenvalue weighted by atomic mass is 10.2. The van der Waals surface area contributed by atoms with E-state index in [0.717, 1.165) is 19.4 Å². The number of hydrogen-bond donors (Lipinski definition) is 0. The van der Waals surface area contributed by atoms with E-state index in [2.05, 4.69) is 13.8 Å². The van der Waals surface area contributed by atoms with Gasteiger partial charge in [-0.05, 0) is 24.7 Å². The van der Waals surface area contributed by atoms with E-state index >= 15 is 0 Å². The smallest absolute Gasteiger partial charge is 0.335 e. The maximum Gasteiger partial charge on any atom is 0.335 e. The van der Waals surface area contributed by atoms with Crippen molar-refractivity contribution in [3.63, 3.8) is 0 Å². The van der Waals surface area contributed by atoms with E-state index in [1.165, 1.54) is 7.11 Å². The monoisotopic (exact) mass is 230 g/mol. The molecular formula is C12H22O4. The van der Waals surface area contributed by atoms with Gasteiger partial charge in [0.15, 0.2) is 6.10 Å². The van der Waals surface area contributed by atoms with E-state index < -0.39 is 0 Å². The summed E-state index contributed by atoms with van der Waals surface area (Å²) < 4.78 is 15.6. The van der Waals surface area contributed by atoms with Crippen LogP contribution in [-0.2, 0) is 19.0 Å². The molecule has 16 heavy (non-hydrogen) atoms. The summed E-state index contributed by atoms with van der Waals surface area (Å²) in [7, 11) is 1.40. The van der Waals surface area contributed by atoms with E-state index in [9.17, 15) is 4.79 Å². The fourth-order valence-corrected chi connectivity index (χ4v) is 1.46. The molecule has 1 saturated carbocycles. The average molecular weight is 230 g/mol. The molecule has 0 aromatic carbocycles. The first-order valence-corrected chi connectivity index (χ1v) is 5.92. The van der Waals surface area contributed by atoms with Crippen LogP contribution < -0.4 is 0 Å². The van der Waals surface area contributed by atoms with Gasteiger partial charge >= 0.3 is 5.97 Å². The van der Waals surface area contributed by atoms with Crippen molar-refractivity contribution in [3.05, 3.63) is 0 Å². The maximum atomic E-state index is 11.4. The Bertz CT molecular complexity index is 211. The number of esters is 1. The average Bonchev–Trinajstić information content (AvgIpc) is 3.05. The molecule has 1 aliphatic carbocycles. The van der Waals surface area contributed by atoms with E-state index in [1.54, 1.807) is 0 Å². The van der Waals surface area contributed by atoms with Crippen LogP contribution >= 0.6 is 0 Å². The molecule has 1 aliphatic rings. The lowest BCUT2D eigenvalue weighted by Crippen LogP contribution is -2.29. The second-order valence-electron chi connectivity index (χ2n) is 4.62. The molecule has 0 aromatic heterocycles. The van der Waals surface area contributed by atoms with Crippen LogP contribution in [0.3, 0.4) is 0 Å². The quantitative estimate of drug-likeness (QED) is 0.469. The predicted octanol–water partition coefficient (Wildman–Crippen LogP) is 1.63. The van der Waals surface area contributed by atoms with Crippen LogP contribution in [0.15, 0.2) is 0 Å². The van der Waals surface area contributed by atoms with Gasteiger partial charge < -0.3 is 14.2 Å². The summed E-state index contributed by atoms with van der Waals surface area (Å²) in [5, 5.41) is 0. The van der Waals surface area contributed by atoms with Crippen molar-refractivity contribution < 1.29 is 19.0 Å². The predicted molar refractivity (Wildman–Crippen MR) is 60.1 cm³/mol. The van der Waals surface area contributed by atoms with Crippen LogP contribution in [0.2, 0.25) is 0 Å². The summed E-state index contributed by atoms with van der Waals surface area (Å²) in [6.45, 7) is 5.93. The normalized spacial score (nSPS) is 17.5. The third kappa shape index (κ3) is 4.94. The van der Waals surface area contributed by atoms with Crippen molar-refractivity contribution in [2.75, 3.05) is 26.9 Å². The van der Waals surface area contributed by atoms with Crippen molar-refractivity contribution in [2.45, 2.75) is 32.8 Å². The van der Waals surface area contributed by atoms with Gasteiger partial charge in [-0.1, -0.05) is 13.8 Å². The highest BCUT2D eigenvalue weighted by Gasteiger charge is 2.37. The van der Waals surface area contributed by atoms with Gasteiger partial charge in [-0.3, -0.25) is 0 Å². The lowest BCUT2D eigenvalue weighted by Gasteiger charge is -2.15. The number of rotatable bonds is 8. The van der Waals surface area contributed by atoms with Crippen molar-refractivity contribution in [2.24, 2.45) is 11.8 Å². The standard InChI is InChI=1S/C12H22O4/c1-9(2)8-15-6-7-16-11(10-4-5-10)12(13)14-3/h9-11H,4-8H2,1-3H3. The summed E-state index contributed by atoms with van der Waals surface area (Å²) in [6, 6.07) is 0. The molecule has 0 spiro atoms. The molecule has 0 aliphatic heterocycles. The molecule has 0 aromatic rings. The highest BCUT2D eigenvalue weighted by molar-refractivity contribution is 5.75. The summed E-state index contributed by atoms with van der Waals surface area (Å²) in [6.07, 6.45) is 1.74. The van der Waals surface area contributed by atoms with E-state index in [-0.39, 0.29) is 12.1 Å². The van der Waals surface area contributed by atoms with Crippen molar-refractivity contribution in [1.29, 1.82) is 0 Å². The minimum absolute atomic E-state index is 0.258. The van der Waals surface area contributed by atoms with Crippen LogP contribution in [0.4, 0.5) is 0 Å². The number of ether oxygens (including phenoxy) is 3. The topological polar surface area (TPSA) is 44.8 Å². The number of carbonyl (C=O) groups excluding carboxylic acids is 1. The van der Waals surface area contributed by atoms with E-state index in [4.69, 9.17) is 14.2 Å². The Hall–Kier alpha value is -0.610. The molecule has 0 radical (unpaired) electrons. The molecule has 1 unspecified atom stereocenters. The van der Waals surface area contributed by atoms with Crippen LogP contribution in [-0.4, -0.2) is 39.0 Å². The summed E-state index contributed by atoms with van der Waals surface area (Å²) in [5.41, 5.74) is 0. The van der Waals surface area contributed by atoms with Gasteiger partial charge in [-0.25, -0.2) is 4.79 Å². The summed E-state index contributed by atoms with van der Waals surface area (Å²) >= 11 is 0. The molecule has 94 valence electrons. The summed E-state index contributed by atoms with van der Waals surface area (Å²) in [4.78, 5) is 11.4. The zero-order valence-electron chi connectivity index (χ0n) is 10.4. The Morgan fingerprint density at radius 2 is 2.00 bits per heavy atom. The van der Waals surface area contributed by atoms with Crippen molar-refractivity contribution in [3.8, 4) is 0 Å². The third-order valence-electron chi connectivity index (χ3n) is 2.46. The molecule has 0 amide bonds. The van der Waals surface area contributed by atoms with Gasteiger partial charge in [0.05, 0.1) is 20.3 Å². The molecule has 0 N–H and O–H groups in total. The first-order valence-electron chi connectivity index (χ1n) is 5.92. The highest BCUT2D eigenvalue weighted by Crippen LogP contribution is 2.34. The molecule has 4 nitrogen and oxygen atoms in total. The van der Waals surface area contributed by atoms with Gasteiger partial charge in [0.1, 0.15) is 0 Å². The molecule has 0 saturated heterocycles. The highest BCUT2D eigenvalue weighted by atomic mass is 16.6. The van der Waals surface area contributed by atoms with Gasteiger partial charge in [-0.15, -0.1) is 0 Å². The first kappa shape index (κ1) is 13.5. The SMILES string of the molecule is COC(=O)C(OCCOCC(C)C)C1CC1. The van der Waals surface area contributed by atoms with Crippen molar-refractivity contribution in [1.82, 2.24) is 0 Å². The molecule has 0 bridgehead atoms. The fourth-order valence-electron chi connectivity index (χ4n) is 1.46. The molecule has 1 fully saturated rings. The van der Waals surface area contributed by atoms with E-state index in [1.807, 2.05) is 0 Å². The third-order valence-corrected chi connectivity index (χ3v) is 2.46. The van der Waals surface area contributed by atoms with Gasteiger partial charge in [0, 0.05) is 6.61 Å². The molecule has 1 atom stereocenters. The largest absolute Gasteiger partial charge is 0.467 e. The lowest BCUT2D eigenvalue weighted by molar-refractivity contribution is -0.156. The minimum Gasteiger partial charge on any atom is -0.467 e. The molecule has 0 heterocycles. The zero-order valence-corrected chi connectivity index (χ0v) is 10.4. The second-order valence-corrected chi connectivity index (χ2v) is 4.62. The van der Waals surface area contributed by atoms with Crippen LogP contribution in [0.5, 0.6) is 0 Å². The second kappa shape index (κ2) is 6.86. The van der Waals surface area contributed by atoms with Crippen LogP contribution in [0.1, 0.15) is 26.7 Å². The number of hydrogen-bond acceptors (Lipinski definition) is 4. The van der Waals surface area contributed by atoms with Crippen LogP contribution in [0, 0.1) is 11.8 Å². The van der Waals surface area contributed by atoms with Crippen LogP contribution in [0.25, 0.3) is 0 Å². The minimum atomic E-state index is -0.382. The Morgan fingerprint density at radius 3 is 2.50 bits per heavy atom.